The molecule has 28 heavy (non-hydrogen) atoms. The number of morpholine rings is 1. The maximum Gasteiger partial charge on any atom is 0.315 e. The molecule has 0 bridgehead atoms. The highest BCUT2D eigenvalue weighted by Crippen LogP contribution is 2.17. The summed E-state index contributed by atoms with van der Waals surface area (Å²) in [7, 11) is 0. The van der Waals surface area contributed by atoms with E-state index in [0.717, 1.165) is 69.3 Å². The van der Waals surface area contributed by atoms with Crippen molar-refractivity contribution in [1.82, 2.24) is 25.4 Å². The van der Waals surface area contributed by atoms with Crippen LogP contribution < -0.4 is 15.5 Å². The summed E-state index contributed by atoms with van der Waals surface area (Å²) in [5, 5.41) is 14.3. The van der Waals surface area contributed by atoms with Crippen molar-refractivity contribution in [3.05, 3.63) is 41.5 Å². The van der Waals surface area contributed by atoms with Crippen LogP contribution in [0.15, 0.2) is 24.3 Å². The van der Waals surface area contributed by atoms with Crippen LogP contribution in [0.3, 0.4) is 0 Å². The Kier molecular flexibility index (Phi) is 6.06. The highest BCUT2D eigenvalue weighted by molar-refractivity contribution is 5.73. The molecule has 1 aromatic heterocycles. The van der Waals surface area contributed by atoms with Gasteiger partial charge in [0.25, 0.3) is 0 Å². The molecule has 0 radical (unpaired) electrons. The minimum atomic E-state index is -0.191. The second-order valence-electron chi connectivity index (χ2n) is 7.30. The Balaban J connectivity index is 1.24. The number of aryl methyl sites for hydroxylation is 1. The van der Waals surface area contributed by atoms with Crippen LogP contribution >= 0.6 is 0 Å². The second-order valence-corrected chi connectivity index (χ2v) is 7.30. The molecule has 1 aromatic carbocycles. The molecule has 2 amide bonds. The van der Waals surface area contributed by atoms with Gasteiger partial charge >= 0.3 is 6.03 Å². The number of ether oxygens (including phenoxy) is 1. The molecule has 3 heterocycles. The van der Waals surface area contributed by atoms with Crippen LogP contribution in [0.5, 0.6) is 0 Å². The number of nitrogens with zero attached hydrogens (tertiary/aromatic N) is 4. The van der Waals surface area contributed by atoms with Crippen LogP contribution in [0, 0.1) is 0 Å². The van der Waals surface area contributed by atoms with Gasteiger partial charge in [-0.05, 0) is 30.5 Å². The smallest absolute Gasteiger partial charge is 0.315 e. The lowest BCUT2D eigenvalue weighted by molar-refractivity contribution is 0.122. The van der Waals surface area contributed by atoms with Crippen molar-refractivity contribution in [2.45, 2.75) is 45.3 Å². The van der Waals surface area contributed by atoms with Crippen LogP contribution in [-0.4, -0.2) is 47.1 Å². The molecule has 8 nitrogen and oxygen atoms in total. The number of anilines is 1. The van der Waals surface area contributed by atoms with Crippen LogP contribution in [0.25, 0.3) is 0 Å². The molecular weight excluding hydrogens is 356 g/mol. The zero-order valence-corrected chi connectivity index (χ0v) is 16.2. The fourth-order valence-electron chi connectivity index (χ4n) is 3.73. The molecule has 2 aliphatic heterocycles. The largest absolute Gasteiger partial charge is 0.378 e. The molecule has 0 spiro atoms. The maximum atomic E-state index is 12.2. The number of hydrogen-bond acceptors (Lipinski definition) is 5. The normalized spacial score (nSPS) is 16.9. The average Bonchev–Trinajstić information content (AvgIpc) is 2.97. The molecule has 2 aromatic rings. The summed E-state index contributed by atoms with van der Waals surface area (Å²) in [6, 6.07) is 8.13. The number of rotatable bonds is 5. The van der Waals surface area contributed by atoms with E-state index in [1.165, 1.54) is 12.1 Å². The second kappa shape index (κ2) is 9.05. The predicted molar refractivity (Wildman–Crippen MR) is 106 cm³/mol. The third kappa shape index (κ3) is 4.62. The molecule has 2 N–H and O–H groups in total. The van der Waals surface area contributed by atoms with Gasteiger partial charge in [0.15, 0.2) is 5.82 Å². The van der Waals surface area contributed by atoms with Crippen molar-refractivity contribution < 1.29 is 9.53 Å². The zero-order chi connectivity index (χ0) is 19.2. The van der Waals surface area contributed by atoms with Crippen molar-refractivity contribution in [3.8, 4) is 0 Å². The number of nitrogens with one attached hydrogen (secondary N) is 2. The number of hydrogen-bond donors (Lipinski definition) is 2. The van der Waals surface area contributed by atoms with E-state index >= 15 is 0 Å². The van der Waals surface area contributed by atoms with Crippen molar-refractivity contribution >= 4 is 11.7 Å². The number of benzene rings is 1. The lowest BCUT2D eigenvalue weighted by Crippen LogP contribution is -2.36. The summed E-state index contributed by atoms with van der Waals surface area (Å²) in [5.41, 5.74) is 2.27. The Morgan fingerprint density at radius 1 is 0.964 bits per heavy atom. The van der Waals surface area contributed by atoms with Gasteiger partial charge in [-0.25, -0.2) is 4.79 Å². The maximum absolute atomic E-state index is 12.2. The van der Waals surface area contributed by atoms with Gasteiger partial charge in [0.2, 0.25) is 0 Å². The van der Waals surface area contributed by atoms with Gasteiger partial charge in [0.05, 0.1) is 19.8 Å². The number of fused-ring (bicyclic) bond motifs is 1. The van der Waals surface area contributed by atoms with E-state index < -0.39 is 0 Å². The van der Waals surface area contributed by atoms with E-state index in [9.17, 15) is 4.79 Å². The van der Waals surface area contributed by atoms with Crippen LogP contribution in [0.4, 0.5) is 10.5 Å². The molecule has 2 aliphatic rings. The van der Waals surface area contributed by atoms with E-state index in [0.29, 0.717) is 13.1 Å². The first-order valence-corrected chi connectivity index (χ1v) is 10.1. The van der Waals surface area contributed by atoms with Crippen molar-refractivity contribution in [1.29, 1.82) is 0 Å². The fraction of sp³-hybridized carbons (Fsp3) is 0.550. The minimum absolute atomic E-state index is 0.191. The molecule has 0 aliphatic carbocycles. The van der Waals surface area contributed by atoms with E-state index in [1.54, 1.807) is 0 Å². The highest BCUT2D eigenvalue weighted by atomic mass is 16.5. The lowest BCUT2D eigenvalue weighted by atomic mass is 10.2. The molecule has 0 unspecified atom stereocenters. The van der Waals surface area contributed by atoms with Gasteiger partial charge in [-0.2, -0.15) is 0 Å². The van der Waals surface area contributed by atoms with Crippen molar-refractivity contribution in [3.63, 3.8) is 0 Å². The van der Waals surface area contributed by atoms with Crippen LogP contribution in [0.2, 0.25) is 0 Å². The average molecular weight is 384 g/mol. The minimum Gasteiger partial charge on any atom is -0.378 e. The Labute approximate surface area is 165 Å². The molecule has 150 valence electrons. The Bertz CT molecular complexity index is 782. The molecule has 1 fully saturated rings. The topological polar surface area (TPSA) is 84.3 Å². The first-order chi connectivity index (χ1) is 13.8. The van der Waals surface area contributed by atoms with Gasteiger partial charge in [-0.1, -0.05) is 18.6 Å². The summed E-state index contributed by atoms with van der Waals surface area (Å²) in [6.07, 6.45) is 4.50. The molecule has 0 atom stereocenters. The summed E-state index contributed by atoms with van der Waals surface area (Å²) in [4.78, 5) is 14.5. The molecular formula is C20H28N6O2. The number of carbonyl (C=O) groups excluding carboxylic acids is 1. The van der Waals surface area contributed by atoms with Crippen LogP contribution in [0.1, 0.15) is 36.5 Å². The van der Waals surface area contributed by atoms with Gasteiger partial charge in [-0.15, -0.1) is 10.2 Å². The van der Waals surface area contributed by atoms with Crippen LogP contribution in [-0.2, 0) is 30.8 Å². The fourth-order valence-corrected chi connectivity index (χ4v) is 3.73. The quantitative estimate of drug-likeness (QED) is 0.822. The van der Waals surface area contributed by atoms with Crippen molar-refractivity contribution in [2.75, 3.05) is 31.2 Å². The standard InChI is InChI=1S/C20H28N6O2/c27-20(22-15-19-24-23-18-4-2-1-3-9-26(18)19)21-14-16-5-7-17(8-6-16)25-10-12-28-13-11-25/h5-8H,1-4,9-15H2,(H2,21,22,27). The first kappa shape index (κ1) is 18.7. The summed E-state index contributed by atoms with van der Waals surface area (Å²) < 4.78 is 7.54. The Morgan fingerprint density at radius 2 is 1.75 bits per heavy atom. The number of aromatic nitrogens is 3. The van der Waals surface area contributed by atoms with Gasteiger partial charge in [0.1, 0.15) is 5.82 Å². The lowest BCUT2D eigenvalue weighted by Gasteiger charge is -2.28. The SMILES string of the molecule is O=C(NCc1ccc(N2CCOCC2)cc1)NCc1nnc2n1CCCCC2. The van der Waals surface area contributed by atoms with Gasteiger partial charge in [-0.3, -0.25) is 0 Å². The van der Waals surface area contributed by atoms with E-state index in [4.69, 9.17) is 4.74 Å². The van der Waals surface area contributed by atoms with Gasteiger partial charge in [0, 0.05) is 38.3 Å². The zero-order valence-electron chi connectivity index (χ0n) is 16.2. The molecule has 8 heteroatoms. The van der Waals surface area contributed by atoms with E-state index in [1.807, 2.05) is 0 Å². The number of carbonyl (C=O) groups is 1. The monoisotopic (exact) mass is 384 g/mol. The summed E-state index contributed by atoms with van der Waals surface area (Å²) in [6.45, 7) is 5.23. The molecule has 4 rings (SSSR count). The molecule has 0 saturated carbocycles. The van der Waals surface area contributed by atoms with E-state index in [-0.39, 0.29) is 6.03 Å². The first-order valence-electron chi connectivity index (χ1n) is 10.1. The van der Waals surface area contributed by atoms with Crippen molar-refractivity contribution in [2.24, 2.45) is 0 Å². The van der Waals surface area contributed by atoms with E-state index in [2.05, 4.69) is 54.6 Å². The Morgan fingerprint density at radius 3 is 2.57 bits per heavy atom. The molecule has 1 saturated heterocycles. The predicted octanol–water partition coefficient (Wildman–Crippen LogP) is 1.84. The number of amides is 2. The third-order valence-electron chi connectivity index (χ3n) is 5.36. The third-order valence-corrected chi connectivity index (χ3v) is 5.36. The summed E-state index contributed by atoms with van der Waals surface area (Å²) in [5.74, 6) is 1.87. The highest BCUT2D eigenvalue weighted by Gasteiger charge is 2.15. The number of urea groups is 1. The summed E-state index contributed by atoms with van der Waals surface area (Å²) >= 11 is 0. The Hall–Kier alpha value is -2.61. The van der Waals surface area contributed by atoms with Gasteiger partial charge < -0.3 is 24.8 Å².